The molecule has 0 N–H and O–H groups in total. The van der Waals surface area contributed by atoms with Gasteiger partial charge in [0.05, 0.1) is 5.39 Å². The van der Waals surface area contributed by atoms with E-state index < -0.39 is 72.1 Å². The Morgan fingerprint density at radius 1 is 0.778 bits per heavy atom. The first-order chi connectivity index (χ1) is 17.0. The molecule has 0 spiro atoms. The van der Waals surface area contributed by atoms with Gasteiger partial charge in [0, 0.05) is 45.3 Å². The summed E-state index contributed by atoms with van der Waals surface area (Å²) in [5.74, 6) is -3.07. The number of aromatic nitrogens is 1. The Kier molecular flexibility index (Phi) is 8.20. The van der Waals surface area contributed by atoms with Crippen molar-refractivity contribution in [3.63, 3.8) is 0 Å². The number of benzene rings is 1. The molecular formula is C24H25NO11. The molecule has 1 aromatic heterocycles. The van der Waals surface area contributed by atoms with E-state index in [0.29, 0.717) is 0 Å². The highest BCUT2D eigenvalue weighted by atomic mass is 16.7. The molecule has 1 aliphatic rings. The molecule has 5 atom stereocenters. The second-order valence-corrected chi connectivity index (χ2v) is 8.03. The lowest BCUT2D eigenvalue weighted by molar-refractivity contribution is -0.268. The average Bonchev–Trinajstić information content (AvgIpc) is 2.91. The number of fused-ring (bicyclic) bond motifs is 1. The van der Waals surface area contributed by atoms with Crippen molar-refractivity contribution >= 4 is 34.6 Å². The van der Waals surface area contributed by atoms with E-state index in [2.05, 4.69) is 0 Å². The van der Waals surface area contributed by atoms with Crippen molar-refractivity contribution in [3.8, 4) is 0 Å². The minimum Gasteiger partial charge on any atom is -0.463 e. The zero-order valence-corrected chi connectivity index (χ0v) is 20.0. The fourth-order valence-electron chi connectivity index (χ4n) is 3.96. The van der Waals surface area contributed by atoms with Gasteiger partial charge in [-0.15, -0.1) is 0 Å². The second-order valence-electron chi connectivity index (χ2n) is 8.03. The third kappa shape index (κ3) is 5.95. The van der Waals surface area contributed by atoms with Crippen molar-refractivity contribution in [1.82, 2.24) is 4.57 Å². The molecule has 0 amide bonds. The lowest BCUT2D eigenvalue weighted by Crippen LogP contribution is -2.61. The van der Waals surface area contributed by atoms with E-state index in [4.69, 9.17) is 23.7 Å². The van der Waals surface area contributed by atoms with E-state index in [1.807, 2.05) is 0 Å². The van der Waals surface area contributed by atoms with Crippen molar-refractivity contribution in [3.05, 3.63) is 57.1 Å². The van der Waals surface area contributed by atoms with Crippen LogP contribution >= 0.6 is 0 Å². The Balaban J connectivity index is 2.24. The number of ether oxygens (including phenoxy) is 5. The molecule has 3 rings (SSSR count). The van der Waals surface area contributed by atoms with Gasteiger partial charge < -0.3 is 23.7 Å². The van der Waals surface area contributed by atoms with Crippen LogP contribution in [0, 0.1) is 0 Å². The van der Waals surface area contributed by atoms with Crippen LogP contribution < -0.4 is 11.0 Å². The Bertz CT molecular complexity index is 1300. The highest BCUT2D eigenvalue weighted by molar-refractivity contribution is 5.80. The van der Waals surface area contributed by atoms with E-state index in [-0.39, 0.29) is 10.8 Å². The first-order valence-corrected chi connectivity index (χ1v) is 10.9. The van der Waals surface area contributed by atoms with E-state index in [9.17, 15) is 28.8 Å². The smallest absolute Gasteiger partial charge is 0.303 e. The first-order valence-electron chi connectivity index (χ1n) is 10.9. The number of rotatable bonds is 6. The topological polar surface area (TPSA) is 154 Å². The zero-order chi connectivity index (χ0) is 26.6. The molecule has 192 valence electrons. The molecule has 2 heterocycles. The van der Waals surface area contributed by atoms with Crippen LogP contribution in [0.1, 0.15) is 33.9 Å². The summed E-state index contributed by atoms with van der Waals surface area (Å²) < 4.78 is 28.2. The maximum absolute atomic E-state index is 13.5. The van der Waals surface area contributed by atoms with Gasteiger partial charge in [-0.1, -0.05) is 18.2 Å². The summed E-state index contributed by atoms with van der Waals surface area (Å²) in [6.07, 6.45) is -5.86. The number of hydrogen-bond donors (Lipinski definition) is 0. The third-order valence-electron chi connectivity index (χ3n) is 5.28. The molecule has 0 aliphatic carbocycles. The summed E-state index contributed by atoms with van der Waals surface area (Å²) >= 11 is 0. The maximum atomic E-state index is 13.5. The molecule has 0 saturated carbocycles. The Morgan fingerprint density at radius 2 is 1.33 bits per heavy atom. The van der Waals surface area contributed by atoms with E-state index in [0.717, 1.165) is 44.5 Å². The summed E-state index contributed by atoms with van der Waals surface area (Å²) in [4.78, 5) is 73.4. The van der Waals surface area contributed by atoms with Gasteiger partial charge in [0.2, 0.25) is 0 Å². The van der Waals surface area contributed by atoms with Crippen molar-refractivity contribution in [1.29, 1.82) is 0 Å². The predicted octanol–water partition coefficient (Wildman–Crippen LogP) is 0.617. The van der Waals surface area contributed by atoms with Crippen LogP contribution in [-0.2, 0) is 42.9 Å². The van der Waals surface area contributed by atoms with Gasteiger partial charge >= 0.3 is 23.9 Å². The van der Waals surface area contributed by atoms with Gasteiger partial charge in [-0.3, -0.25) is 33.3 Å². The van der Waals surface area contributed by atoms with Gasteiger partial charge in [-0.2, -0.15) is 0 Å². The van der Waals surface area contributed by atoms with Gasteiger partial charge in [0.1, 0.15) is 12.7 Å². The lowest BCUT2D eigenvalue weighted by Gasteiger charge is -2.44. The van der Waals surface area contributed by atoms with Gasteiger partial charge in [0.25, 0.3) is 5.56 Å². The van der Waals surface area contributed by atoms with Crippen LogP contribution in [0.4, 0.5) is 0 Å². The Hall–Kier alpha value is -4.06. The molecule has 12 heteroatoms. The van der Waals surface area contributed by atoms with Crippen LogP contribution in [0.2, 0.25) is 0 Å². The molecule has 12 nitrogen and oxygen atoms in total. The van der Waals surface area contributed by atoms with Crippen molar-refractivity contribution in [2.75, 3.05) is 6.61 Å². The fourth-order valence-corrected chi connectivity index (χ4v) is 3.96. The van der Waals surface area contributed by atoms with Gasteiger partial charge in [0.15, 0.2) is 30.0 Å². The number of nitrogens with zero attached hydrogens (tertiary/aromatic N) is 1. The molecule has 1 aliphatic heterocycles. The van der Waals surface area contributed by atoms with Crippen LogP contribution in [0.3, 0.4) is 0 Å². The number of hydrogen-bond acceptors (Lipinski definition) is 11. The standard InChI is InChI=1S/C24H25NO11/c1-12(26)32-11-19-20(33-13(2)27)21(34-14(3)28)22(35-15(4)29)24(36-19)25-10-9-18(30)16-7-5-6-8-17(16)23(25)31/h5-10,19-22,24H,11H2,1-4H3/t19-,20+,21+,22-,24-/m1/s1. The van der Waals surface area contributed by atoms with Crippen LogP contribution in [-0.4, -0.2) is 59.5 Å². The number of carbonyl (C=O) groups is 4. The van der Waals surface area contributed by atoms with Gasteiger partial charge in [-0.05, 0) is 6.07 Å². The predicted molar refractivity (Wildman–Crippen MR) is 122 cm³/mol. The molecular weight excluding hydrogens is 478 g/mol. The zero-order valence-electron chi connectivity index (χ0n) is 20.0. The molecule has 0 radical (unpaired) electrons. The number of carbonyl (C=O) groups excluding carboxylic acids is 4. The molecule has 1 saturated heterocycles. The minimum atomic E-state index is -1.49. The molecule has 1 fully saturated rings. The fraction of sp³-hybridized carbons (Fsp3) is 0.417. The van der Waals surface area contributed by atoms with Crippen molar-refractivity contribution in [2.24, 2.45) is 0 Å². The Labute approximate surface area is 204 Å². The minimum absolute atomic E-state index is 0.0559. The Morgan fingerprint density at radius 3 is 1.92 bits per heavy atom. The van der Waals surface area contributed by atoms with Crippen molar-refractivity contribution in [2.45, 2.75) is 58.3 Å². The summed E-state index contributed by atoms with van der Waals surface area (Å²) in [5, 5.41) is 0.201. The highest BCUT2D eigenvalue weighted by Crippen LogP contribution is 2.34. The van der Waals surface area contributed by atoms with Crippen LogP contribution in [0.5, 0.6) is 0 Å². The lowest BCUT2D eigenvalue weighted by atomic mass is 9.97. The first kappa shape index (κ1) is 26.5. The van der Waals surface area contributed by atoms with E-state index >= 15 is 0 Å². The molecule has 2 aromatic rings. The largest absolute Gasteiger partial charge is 0.463 e. The summed E-state index contributed by atoms with van der Waals surface area (Å²) in [5.41, 5.74) is -1.12. The monoisotopic (exact) mass is 503 g/mol. The third-order valence-corrected chi connectivity index (χ3v) is 5.28. The molecule has 1 aromatic carbocycles. The van der Waals surface area contributed by atoms with Crippen molar-refractivity contribution < 1.29 is 42.9 Å². The van der Waals surface area contributed by atoms with Gasteiger partial charge in [-0.25, -0.2) is 0 Å². The average molecular weight is 503 g/mol. The maximum Gasteiger partial charge on any atom is 0.303 e. The summed E-state index contributed by atoms with van der Waals surface area (Å²) in [7, 11) is 0. The molecule has 36 heavy (non-hydrogen) atoms. The molecule has 0 unspecified atom stereocenters. The highest BCUT2D eigenvalue weighted by Gasteiger charge is 2.53. The molecule has 0 bridgehead atoms. The second kappa shape index (κ2) is 11.1. The van der Waals surface area contributed by atoms with Crippen LogP contribution in [0.15, 0.2) is 46.1 Å². The number of esters is 4. The quantitative estimate of drug-likeness (QED) is 0.402. The van der Waals surface area contributed by atoms with E-state index in [1.165, 1.54) is 12.1 Å². The SMILES string of the molecule is CC(=O)OC[C@H]1O[C@@H](n2ccc(=O)c3ccccc3c2=O)[C@H](OC(C)=O)[C@@H](OC(C)=O)[C@H]1OC(C)=O. The normalized spacial score (nSPS) is 23.4. The van der Waals surface area contributed by atoms with Crippen LogP contribution in [0.25, 0.3) is 10.8 Å². The summed E-state index contributed by atoms with van der Waals surface area (Å²) in [6, 6.07) is 7.23. The van der Waals surface area contributed by atoms with E-state index in [1.54, 1.807) is 12.1 Å². The summed E-state index contributed by atoms with van der Waals surface area (Å²) in [6.45, 7) is 3.98.